The van der Waals surface area contributed by atoms with E-state index in [-0.39, 0.29) is 16.4 Å². The van der Waals surface area contributed by atoms with Crippen molar-refractivity contribution in [2.24, 2.45) is 0 Å². The number of fused-ring (bicyclic) bond motifs is 7. The van der Waals surface area contributed by atoms with Crippen LogP contribution in [0.15, 0.2) is 91.0 Å². The quantitative estimate of drug-likeness (QED) is 0.193. The zero-order chi connectivity index (χ0) is 30.9. The Morgan fingerprint density at radius 1 is 0.568 bits per heavy atom. The first kappa shape index (κ1) is 28.9. The van der Waals surface area contributed by atoms with Gasteiger partial charge in [0.25, 0.3) is 0 Å². The molecule has 0 amide bonds. The first-order valence-electron chi connectivity index (χ1n) is 16.9. The van der Waals surface area contributed by atoms with Crippen molar-refractivity contribution in [1.29, 1.82) is 0 Å². The molecule has 0 heterocycles. The number of aryl methyl sites for hydroxylation is 1. The fraction of sp³-hybridized carbons (Fsp3) is 0.349. The minimum atomic E-state index is -0.150. The molecular weight excluding hydrogens is 530 g/mol. The molecule has 7 rings (SSSR count). The molecule has 5 aromatic carbocycles. The number of nitrogens with one attached hydrogen (secondary N) is 1. The minimum Gasteiger partial charge on any atom is -0.376 e. The van der Waals surface area contributed by atoms with Gasteiger partial charge in [0.05, 0.1) is 5.54 Å². The molecule has 0 spiro atoms. The molecule has 0 radical (unpaired) electrons. The van der Waals surface area contributed by atoms with E-state index in [1.165, 1.54) is 84.9 Å². The molecule has 5 aromatic rings. The molecule has 224 valence electrons. The second kappa shape index (κ2) is 10.4. The predicted molar refractivity (Wildman–Crippen MR) is 190 cm³/mol. The van der Waals surface area contributed by atoms with Crippen molar-refractivity contribution < 1.29 is 0 Å². The lowest BCUT2D eigenvalue weighted by Crippen LogP contribution is -2.34. The molecule has 0 aromatic heterocycles. The highest BCUT2D eigenvalue weighted by molar-refractivity contribution is 5.94. The molecule has 0 aliphatic heterocycles. The number of benzene rings is 5. The molecule has 0 fully saturated rings. The third kappa shape index (κ3) is 4.26. The van der Waals surface area contributed by atoms with Crippen LogP contribution >= 0.6 is 0 Å². The summed E-state index contributed by atoms with van der Waals surface area (Å²) in [5.41, 5.74) is 15.1. The summed E-state index contributed by atoms with van der Waals surface area (Å²) in [6.07, 6.45) is 5.67. The van der Waals surface area contributed by atoms with Crippen molar-refractivity contribution >= 4 is 16.5 Å². The summed E-state index contributed by atoms with van der Waals surface area (Å²) in [7, 11) is 0. The van der Waals surface area contributed by atoms with Crippen LogP contribution in [0.25, 0.3) is 33.0 Å². The summed E-state index contributed by atoms with van der Waals surface area (Å²) in [5, 5.41) is 6.81. The van der Waals surface area contributed by atoms with Crippen molar-refractivity contribution in [3.8, 4) is 22.3 Å². The second-order valence-electron chi connectivity index (χ2n) is 14.4. The fourth-order valence-electron chi connectivity index (χ4n) is 8.33. The van der Waals surface area contributed by atoms with E-state index >= 15 is 0 Å². The average Bonchev–Trinajstić information content (AvgIpc) is 3.40. The second-order valence-corrected chi connectivity index (χ2v) is 14.4. The maximum atomic E-state index is 4.09. The first-order chi connectivity index (χ1) is 21.1. The summed E-state index contributed by atoms with van der Waals surface area (Å²) in [6.45, 7) is 16.5. The fourth-order valence-corrected chi connectivity index (χ4v) is 8.33. The topological polar surface area (TPSA) is 12.0 Å². The van der Waals surface area contributed by atoms with E-state index < -0.39 is 0 Å². The zero-order valence-corrected chi connectivity index (χ0v) is 27.7. The van der Waals surface area contributed by atoms with Crippen LogP contribution in [0.4, 0.5) is 5.69 Å². The highest BCUT2D eigenvalue weighted by Crippen LogP contribution is 2.52. The Morgan fingerprint density at radius 2 is 1.23 bits per heavy atom. The number of rotatable bonds is 8. The van der Waals surface area contributed by atoms with Gasteiger partial charge >= 0.3 is 0 Å². The summed E-state index contributed by atoms with van der Waals surface area (Å²) >= 11 is 0. The Balaban J connectivity index is 1.27. The molecular formula is C43H47N. The van der Waals surface area contributed by atoms with E-state index in [0.29, 0.717) is 0 Å². The smallest absolute Gasteiger partial charge is 0.0620 e. The molecule has 0 atom stereocenters. The number of anilines is 1. The van der Waals surface area contributed by atoms with E-state index in [4.69, 9.17) is 0 Å². The van der Waals surface area contributed by atoms with Gasteiger partial charge in [-0.05, 0) is 116 Å². The molecule has 1 nitrogen and oxygen atoms in total. The molecule has 2 aliphatic carbocycles. The molecule has 0 bridgehead atoms. The lowest BCUT2D eigenvalue weighted by molar-refractivity contribution is 0.453. The van der Waals surface area contributed by atoms with E-state index in [9.17, 15) is 0 Å². The first-order valence-corrected chi connectivity index (χ1v) is 16.9. The van der Waals surface area contributed by atoms with Crippen LogP contribution in [0, 0.1) is 0 Å². The standard InChI is InChI=1S/C43H47N/c1-8-11-14-28-17-18-29-25-38-36(24-30(29)23-28)35-21-19-31(26-39(35)42(38,6)7)43(9-2,10-3)44-32-20-22-34-33-15-12-13-16-37(33)41(4,5)40(34)27-32/h12-13,15-27,44H,8-11,14H2,1-7H3. The van der Waals surface area contributed by atoms with Gasteiger partial charge in [-0.1, -0.05) is 122 Å². The molecule has 1 heteroatoms. The van der Waals surface area contributed by atoms with E-state index in [1.807, 2.05) is 0 Å². The minimum absolute atomic E-state index is 0.00557. The highest BCUT2D eigenvalue weighted by atomic mass is 15.0. The van der Waals surface area contributed by atoms with Crippen LogP contribution in [-0.2, 0) is 22.8 Å². The van der Waals surface area contributed by atoms with Crippen LogP contribution in [0.2, 0.25) is 0 Å². The largest absolute Gasteiger partial charge is 0.376 e. The monoisotopic (exact) mass is 577 g/mol. The third-order valence-electron chi connectivity index (χ3n) is 11.2. The lowest BCUT2D eigenvalue weighted by atomic mass is 9.78. The summed E-state index contributed by atoms with van der Waals surface area (Å²) in [5.74, 6) is 0. The number of unbranched alkanes of at least 4 members (excludes halogenated alkanes) is 1. The van der Waals surface area contributed by atoms with Crippen LogP contribution < -0.4 is 5.32 Å². The van der Waals surface area contributed by atoms with Crippen LogP contribution in [0.1, 0.15) is 108 Å². The van der Waals surface area contributed by atoms with Gasteiger partial charge in [-0.15, -0.1) is 0 Å². The lowest BCUT2D eigenvalue weighted by Gasteiger charge is -2.36. The van der Waals surface area contributed by atoms with Gasteiger partial charge in [0, 0.05) is 16.5 Å². The Bertz CT molecular complexity index is 1900. The summed E-state index contributed by atoms with van der Waals surface area (Å²) in [6, 6.07) is 35.3. The van der Waals surface area contributed by atoms with E-state index in [0.717, 1.165) is 19.3 Å². The highest BCUT2D eigenvalue weighted by Gasteiger charge is 2.39. The van der Waals surface area contributed by atoms with Gasteiger partial charge in [0.15, 0.2) is 0 Å². The number of hydrogen-bond donors (Lipinski definition) is 1. The van der Waals surface area contributed by atoms with Crippen LogP contribution in [0.5, 0.6) is 0 Å². The third-order valence-corrected chi connectivity index (χ3v) is 11.2. The molecule has 0 unspecified atom stereocenters. The van der Waals surface area contributed by atoms with E-state index in [1.54, 1.807) is 0 Å². The van der Waals surface area contributed by atoms with Gasteiger partial charge in [-0.2, -0.15) is 0 Å². The Kier molecular flexibility index (Phi) is 6.81. The van der Waals surface area contributed by atoms with Crippen LogP contribution in [0.3, 0.4) is 0 Å². The summed E-state index contributed by atoms with van der Waals surface area (Å²) in [4.78, 5) is 0. The van der Waals surface area contributed by atoms with Crippen LogP contribution in [-0.4, -0.2) is 0 Å². The average molecular weight is 578 g/mol. The van der Waals surface area contributed by atoms with Crippen molar-refractivity contribution in [3.05, 3.63) is 124 Å². The molecule has 44 heavy (non-hydrogen) atoms. The summed E-state index contributed by atoms with van der Waals surface area (Å²) < 4.78 is 0. The van der Waals surface area contributed by atoms with Crippen molar-refractivity contribution in [2.45, 2.75) is 96.9 Å². The van der Waals surface area contributed by atoms with Gasteiger partial charge in [0.1, 0.15) is 0 Å². The Morgan fingerprint density at radius 3 is 2.00 bits per heavy atom. The Hall–Kier alpha value is -3.84. The van der Waals surface area contributed by atoms with Gasteiger partial charge in [-0.3, -0.25) is 0 Å². The Labute approximate surface area is 264 Å². The van der Waals surface area contributed by atoms with Crippen molar-refractivity contribution in [1.82, 2.24) is 0 Å². The SMILES string of the molecule is CCCCc1ccc2cc3c(cc2c1)-c1ccc(C(CC)(CC)Nc2ccc4c(c2)C(C)(C)c2ccccc2-4)cc1C3(C)C. The molecule has 1 N–H and O–H groups in total. The molecule has 2 aliphatic rings. The van der Waals surface area contributed by atoms with Crippen molar-refractivity contribution in [3.63, 3.8) is 0 Å². The van der Waals surface area contributed by atoms with Crippen molar-refractivity contribution in [2.75, 3.05) is 5.32 Å². The van der Waals surface area contributed by atoms with Gasteiger partial charge in [-0.25, -0.2) is 0 Å². The normalized spacial score (nSPS) is 15.5. The maximum absolute atomic E-state index is 4.09. The van der Waals surface area contributed by atoms with Gasteiger partial charge < -0.3 is 5.32 Å². The zero-order valence-electron chi connectivity index (χ0n) is 27.7. The maximum Gasteiger partial charge on any atom is 0.0620 e. The molecule has 0 saturated carbocycles. The predicted octanol–water partition coefficient (Wildman–Crippen LogP) is 11.9. The van der Waals surface area contributed by atoms with E-state index in [2.05, 4.69) is 145 Å². The van der Waals surface area contributed by atoms with Gasteiger partial charge in [0.2, 0.25) is 0 Å². The molecule has 0 saturated heterocycles. The number of hydrogen-bond acceptors (Lipinski definition) is 1.